The second kappa shape index (κ2) is 4.13. The van der Waals surface area contributed by atoms with Gasteiger partial charge in [-0.05, 0) is 26.8 Å². The molecule has 0 aliphatic carbocycles. The van der Waals surface area contributed by atoms with Crippen molar-refractivity contribution < 1.29 is 9.53 Å². The normalized spacial score (nSPS) is 10.8. The molecular formula is C10H13N3O2. The van der Waals surface area contributed by atoms with Gasteiger partial charge in [0.2, 0.25) is 0 Å². The fourth-order valence-corrected chi connectivity index (χ4v) is 1.02. The molecule has 0 aliphatic heterocycles. The quantitative estimate of drug-likeness (QED) is 0.681. The molecule has 0 N–H and O–H groups in total. The largest absolute Gasteiger partial charge is 0.459 e. The van der Waals surface area contributed by atoms with E-state index in [-0.39, 0.29) is 12.5 Å². The van der Waals surface area contributed by atoms with E-state index < -0.39 is 5.60 Å². The van der Waals surface area contributed by atoms with Crippen molar-refractivity contribution in [2.24, 2.45) is 0 Å². The average Bonchev–Trinajstić information content (AvgIpc) is 2.48. The molecule has 0 bridgehead atoms. The first kappa shape index (κ1) is 11.2. The predicted molar refractivity (Wildman–Crippen MR) is 52.8 cm³/mol. The van der Waals surface area contributed by atoms with Gasteiger partial charge in [-0.2, -0.15) is 10.4 Å². The van der Waals surface area contributed by atoms with Crippen LogP contribution in [-0.4, -0.2) is 21.4 Å². The van der Waals surface area contributed by atoms with Crippen LogP contribution in [-0.2, 0) is 16.1 Å². The fraction of sp³-hybridized carbons (Fsp3) is 0.500. The summed E-state index contributed by atoms with van der Waals surface area (Å²) in [6, 6.07) is 3.43. The van der Waals surface area contributed by atoms with E-state index in [1.165, 1.54) is 4.68 Å². The van der Waals surface area contributed by atoms with E-state index in [1.54, 1.807) is 33.0 Å². The highest BCUT2D eigenvalue weighted by molar-refractivity contribution is 5.69. The van der Waals surface area contributed by atoms with Crippen molar-refractivity contribution in [2.45, 2.75) is 32.9 Å². The summed E-state index contributed by atoms with van der Waals surface area (Å²) >= 11 is 0. The van der Waals surface area contributed by atoms with Gasteiger partial charge in [0.25, 0.3) is 0 Å². The molecule has 0 atom stereocenters. The molecule has 5 heteroatoms. The van der Waals surface area contributed by atoms with E-state index in [4.69, 9.17) is 10.00 Å². The highest BCUT2D eigenvalue weighted by atomic mass is 16.6. The molecule has 5 nitrogen and oxygen atoms in total. The van der Waals surface area contributed by atoms with Crippen molar-refractivity contribution in [1.82, 2.24) is 9.78 Å². The maximum Gasteiger partial charge on any atom is 0.328 e. The lowest BCUT2D eigenvalue weighted by molar-refractivity contribution is -0.155. The number of nitrogens with zero attached hydrogens (tertiary/aromatic N) is 3. The summed E-state index contributed by atoms with van der Waals surface area (Å²) in [6.45, 7) is 5.43. The summed E-state index contributed by atoms with van der Waals surface area (Å²) in [6.07, 6.45) is 1.57. The summed E-state index contributed by atoms with van der Waals surface area (Å²) in [7, 11) is 0. The SMILES string of the molecule is CC(C)(C)OC(=O)Cn1ccc(C#N)n1. The van der Waals surface area contributed by atoms with Crippen LogP contribution in [0, 0.1) is 11.3 Å². The summed E-state index contributed by atoms with van der Waals surface area (Å²) in [5, 5.41) is 12.4. The second-order valence-corrected chi connectivity index (χ2v) is 4.10. The number of esters is 1. The molecule has 0 spiro atoms. The summed E-state index contributed by atoms with van der Waals surface area (Å²) in [5.41, 5.74) is -0.207. The highest BCUT2D eigenvalue weighted by Crippen LogP contribution is 2.07. The number of hydrogen-bond donors (Lipinski definition) is 0. The van der Waals surface area contributed by atoms with E-state index in [0.29, 0.717) is 5.69 Å². The molecule has 1 rings (SSSR count). The Morgan fingerprint density at radius 3 is 2.80 bits per heavy atom. The zero-order valence-corrected chi connectivity index (χ0v) is 9.02. The molecule has 1 aromatic heterocycles. The molecular weight excluding hydrogens is 194 g/mol. The Morgan fingerprint density at radius 1 is 1.67 bits per heavy atom. The van der Waals surface area contributed by atoms with Crippen molar-refractivity contribution >= 4 is 5.97 Å². The van der Waals surface area contributed by atoms with Crippen LogP contribution in [0.25, 0.3) is 0 Å². The van der Waals surface area contributed by atoms with E-state index in [1.807, 2.05) is 6.07 Å². The van der Waals surface area contributed by atoms with E-state index in [2.05, 4.69) is 5.10 Å². The lowest BCUT2D eigenvalue weighted by Gasteiger charge is -2.19. The molecule has 0 aliphatic rings. The van der Waals surface area contributed by atoms with Gasteiger partial charge in [0.1, 0.15) is 18.2 Å². The molecule has 0 unspecified atom stereocenters. The number of ether oxygens (including phenoxy) is 1. The van der Waals surface area contributed by atoms with Crippen LogP contribution in [0.4, 0.5) is 0 Å². The Morgan fingerprint density at radius 2 is 2.33 bits per heavy atom. The Labute approximate surface area is 88.3 Å². The van der Waals surface area contributed by atoms with E-state index in [9.17, 15) is 4.79 Å². The van der Waals surface area contributed by atoms with Gasteiger partial charge in [-0.25, -0.2) is 0 Å². The molecule has 0 amide bonds. The maximum atomic E-state index is 11.4. The number of carbonyl (C=O) groups is 1. The standard InChI is InChI=1S/C10H13N3O2/c1-10(2,3)15-9(14)7-13-5-4-8(6-11)12-13/h4-5H,7H2,1-3H3. The lowest BCUT2D eigenvalue weighted by atomic mass is 10.2. The Hall–Kier alpha value is -1.83. The number of hydrogen-bond acceptors (Lipinski definition) is 4. The summed E-state index contributed by atoms with van der Waals surface area (Å²) in [4.78, 5) is 11.4. The van der Waals surface area contributed by atoms with Gasteiger partial charge in [0, 0.05) is 6.20 Å². The summed E-state index contributed by atoms with van der Waals surface area (Å²) < 4.78 is 6.48. The predicted octanol–water partition coefficient (Wildman–Crippen LogP) is 1.10. The first-order valence-corrected chi connectivity index (χ1v) is 4.56. The Balaban J connectivity index is 2.56. The van der Waals surface area contributed by atoms with Crippen molar-refractivity contribution in [2.75, 3.05) is 0 Å². The smallest absolute Gasteiger partial charge is 0.328 e. The highest BCUT2D eigenvalue weighted by Gasteiger charge is 2.16. The number of aromatic nitrogens is 2. The average molecular weight is 207 g/mol. The third-order valence-electron chi connectivity index (χ3n) is 1.47. The zero-order chi connectivity index (χ0) is 11.5. The van der Waals surface area contributed by atoms with Crippen molar-refractivity contribution in [3.63, 3.8) is 0 Å². The van der Waals surface area contributed by atoms with Crippen LogP contribution >= 0.6 is 0 Å². The van der Waals surface area contributed by atoms with Gasteiger partial charge < -0.3 is 4.74 Å². The first-order chi connectivity index (χ1) is 6.90. The Kier molecular flexibility index (Phi) is 3.10. The molecule has 0 saturated heterocycles. The summed E-state index contributed by atoms with van der Waals surface area (Å²) in [5.74, 6) is -0.366. The van der Waals surface area contributed by atoms with E-state index >= 15 is 0 Å². The fourth-order valence-electron chi connectivity index (χ4n) is 1.02. The zero-order valence-electron chi connectivity index (χ0n) is 9.02. The van der Waals surface area contributed by atoms with E-state index in [0.717, 1.165) is 0 Å². The number of nitriles is 1. The van der Waals surface area contributed by atoms with Crippen LogP contribution in [0.15, 0.2) is 12.3 Å². The van der Waals surface area contributed by atoms with Crippen molar-refractivity contribution in [3.8, 4) is 6.07 Å². The van der Waals surface area contributed by atoms with Crippen LogP contribution in [0.5, 0.6) is 0 Å². The molecule has 0 radical (unpaired) electrons. The van der Waals surface area contributed by atoms with Crippen LogP contribution in [0.1, 0.15) is 26.5 Å². The minimum absolute atomic E-state index is 0.0267. The van der Waals surface area contributed by atoms with Crippen molar-refractivity contribution in [3.05, 3.63) is 18.0 Å². The van der Waals surface area contributed by atoms with Gasteiger partial charge in [0.15, 0.2) is 5.69 Å². The minimum Gasteiger partial charge on any atom is -0.459 e. The molecule has 1 aromatic rings. The first-order valence-electron chi connectivity index (χ1n) is 4.56. The lowest BCUT2D eigenvalue weighted by Crippen LogP contribution is -2.26. The van der Waals surface area contributed by atoms with Gasteiger partial charge in [0.05, 0.1) is 0 Å². The number of rotatable bonds is 2. The van der Waals surface area contributed by atoms with Crippen LogP contribution < -0.4 is 0 Å². The third kappa shape index (κ3) is 3.81. The van der Waals surface area contributed by atoms with Crippen LogP contribution in [0.2, 0.25) is 0 Å². The van der Waals surface area contributed by atoms with Gasteiger partial charge in [-0.15, -0.1) is 0 Å². The number of carbonyl (C=O) groups excluding carboxylic acids is 1. The molecule has 15 heavy (non-hydrogen) atoms. The second-order valence-electron chi connectivity index (χ2n) is 4.10. The monoisotopic (exact) mass is 207 g/mol. The van der Waals surface area contributed by atoms with Gasteiger partial charge in [-0.1, -0.05) is 0 Å². The maximum absolute atomic E-state index is 11.4. The molecule has 0 aromatic carbocycles. The topological polar surface area (TPSA) is 67.9 Å². The Bertz CT molecular complexity index is 396. The molecule has 0 fully saturated rings. The van der Waals surface area contributed by atoms with Crippen LogP contribution in [0.3, 0.4) is 0 Å². The molecule has 1 heterocycles. The molecule has 80 valence electrons. The third-order valence-corrected chi connectivity index (χ3v) is 1.47. The minimum atomic E-state index is -0.498. The van der Waals surface area contributed by atoms with Crippen molar-refractivity contribution in [1.29, 1.82) is 5.26 Å². The molecule has 0 saturated carbocycles. The van der Waals surface area contributed by atoms with Gasteiger partial charge in [-0.3, -0.25) is 9.48 Å². The van der Waals surface area contributed by atoms with Gasteiger partial charge >= 0.3 is 5.97 Å².